The molecule has 7 heteroatoms. The van der Waals surface area contributed by atoms with Gasteiger partial charge in [-0.3, -0.25) is 0 Å². The highest BCUT2D eigenvalue weighted by molar-refractivity contribution is 5.35. The molecule has 2 rings (SSSR count). The summed E-state index contributed by atoms with van der Waals surface area (Å²) >= 11 is 0. The van der Waals surface area contributed by atoms with Gasteiger partial charge >= 0.3 is 5.69 Å². The molecular weight excluding hydrogens is 198 g/mol. The van der Waals surface area contributed by atoms with E-state index in [1.54, 1.807) is 12.1 Å². The molecule has 1 atom stereocenters. The first-order chi connectivity index (χ1) is 7.26. The lowest BCUT2D eigenvalue weighted by molar-refractivity contribution is 0.265. The molecule has 2 aromatic heterocycles. The molecule has 0 fully saturated rings. The summed E-state index contributed by atoms with van der Waals surface area (Å²) in [7, 11) is 0. The van der Waals surface area contributed by atoms with Crippen molar-refractivity contribution < 1.29 is 5.11 Å². The molecule has 80 valence electrons. The lowest BCUT2D eigenvalue weighted by Gasteiger charge is -2.09. The average Bonchev–Trinajstić information content (AvgIpc) is 2.62. The molecule has 0 spiro atoms. The van der Waals surface area contributed by atoms with Gasteiger partial charge in [0.25, 0.3) is 0 Å². The number of aromatic amines is 1. The minimum atomic E-state index is -0.402. The van der Waals surface area contributed by atoms with Crippen LogP contribution >= 0.6 is 0 Å². The van der Waals surface area contributed by atoms with Crippen molar-refractivity contribution in [2.75, 3.05) is 13.2 Å². The number of nitrogens with one attached hydrogen (secondary N) is 1. The van der Waals surface area contributed by atoms with E-state index in [1.165, 1.54) is 0 Å². The Morgan fingerprint density at radius 3 is 3.07 bits per heavy atom. The molecule has 0 aliphatic rings. The molecule has 0 saturated carbocycles. The largest absolute Gasteiger partial charge is 0.396 e. The Bertz CT molecular complexity index is 513. The molecule has 4 N–H and O–H groups in total. The van der Waals surface area contributed by atoms with Crippen LogP contribution in [0, 0.1) is 0 Å². The van der Waals surface area contributed by atoms with Gasteiger partial charge in [-0.15, -0.1) is 0 Å². The Kier molecular flexibility index (Phi) is 2.48. The van der Waals surface area contributed by atoms with Crippen molar-refractivity contribution in [3.8, 4) is 0 Å². The number of aliphatic hydroxyl groups excluding tert-OH is 1. The third-order valence-corrected chi connectivity index (χ3v) is 2.22. The molecule has 2 heterocycles. The molecular formula is C8H11N5O2. The van der Waals surface area contributed by atoms with E-state index >= 15 is 0 Å². The maximum atomic E-state index is 11.2. The number of nitrogens with two attached hydrogens (primary N) is 1. The monoisotopic (exact) mass is 209 g/mol. The normalized spacial score (nSPS) is 13.2. The second-order valence-electron chi connectivity index (χ2n) is 3.17. The van der Waals surface area contributed by atoms with Gasteiger partial charge in [0.05, 0.1) is 12.3 Å². The second kappa shape index (κ2) is 3.79. The summed E-state index contributed by atoms with van der Waals surface area (Å²) in [5, 5.41) is 19.1. The van der Waals surface area contributed by atoms with Crippen molar-refractivity contribution in [2.45, 2.75) is 5.92 Å². The van der Waals surface area contributed by atoms with Gasteiger partial charge in [-0.25, -0.2) is 9.89 Å². The molecule has 0 aliphatic heterocycles. The van der Waals surface area contributed by atoms with E-state index in [1.807, 2.05) is 0 Å². The fraction of sp³-hybridized carbons (Fsp3) is 0.375. The van der Waals surface area contributed by atoms with Gasteiger partial charge in [0, 0.05) is 12.5 Å². The van der Waals surface area contributed by atoms with Crippen LogP contribution in [0.4, 0.5) is 0 Å². The number of nitrogens with zero attached hydrogens (tertiary/aromatic N) is 3. The smallest absolute Gasteiger partial charge is 0.364 e. The Hall–Kier alpha value is -1.73. The average molecular weight is 209 g/mol. The lowest BCUT2D eigenvalue weighted by Crippen LogP contribution is -2.20. The van der Waals surface area contributed by atoms with Crippen molar-refractivity contribution in [1.82, 2.24) is 19.8 Å². The molecule has 7 nitrogen and oxygen atoms in total. The minimum Gasteiger partial charge on any atom is -0.396 e. The van der Waals surface area contributed by atoms with E-state index in [0.29, 0.717) is 11.3 Å². The maximum absolute atomic E-state index is 11.2. The molecule has 2 aromatic rings. The summed E-state index contributed by atoms with van der Waals surface area (Å²) in [5.41, 5.74) is 6.08. The van der Waals surface area contributed by atoms with Crippen LogP contribution in [-0.4, -0.2) is 38.1 Å². The summed E-state index contributed by atoms with van der Waals surface area (Å²) in [6, 6.07) is 3.35. The summed E-state index contributed by atoms with van der Waals surface area (Å²) in [4.78, 5) is 11.2. The van der Waals surface area contributed by atoms with Crippen LogP contribution in [0.3, 0.4) is 0 Å². The highest BCUT2D eigenvalue weighted by atomic mass is 16.3. The number of fused-ring (bicyclic) bond motifs is 1. The zero-order valence-electron chi connectivity index (χ0n) is 7.92. The zero-order chi connectivity index (χ0) is 10.8. The van der Waals surface area contributed by atoms with Crippen molar-refractivity contribution in [1.29, 1.82) is 0 Å². The number of hydrogen-bond donors (Lipinski definition) is 3. The van der Waals surface area contributed by atoms with E-state index in [0.717, 1.165) is 4.52 Å². The molecule has 1 unspecified atom stereocenters. The van der Waals surface area contributed by atoms with Crippen molar-refractivity contribution in [3.05, 3.63) is 28.3 Å². The first kappa shape index (κ1) is 9.81. The van der Waals surface area contributed by atoms with Gasteiger partial charge in [0.1, 0.15) is 0 Å². The Morgan fingerprint density at radius 2 is 2.40 bits per heavy atom. The number of H-pyrrole nitrogens is 1. The highest BCUT2D eigenvalue weighted by Gasteiger charge is 2.11. The van der Waals surface area contributed by atoms with Gasteiger partial charge in [0.15, 0.2) is 5.65 Å². The van der Waals surface area contributed by atoms with Crippen LogP contribution < -0.4 is 11.4 Å². The summed E-state index contributed by atoms with van der Waals surface area (Å²) in [6.45, 7) is 0.184. The van der Waals surface area contributed by atoms with Gasteiger partial charge in [-0.2, -0.15) is 14.7 Å². The van der Waals surface area contributed by atoms with Gasteiger partial charge < -0.3 is 10.8 Å². The molecule has 0 aromatic carbocycles. The third-order valence-electron chi connectivity index (χ3n) is 2.22. The van der Waals surface area contributed by atoms with Gasteiger partial charge in [0.2, 0.25) is 0 Å². The first-order valence-electron chi connectivity index (χ1n) is 4.51. The molecule has 0 saturated heterocycles. The predicted molar refractivity (Wildman–Crippen MR) is 52.5 cm³/mol. The zero-order valence-corrected chi connectivity index (χ0v) is 7.92. The van der Waals surface area contributed by atoms with E-state index in [-0.39, 0.29) is 19.1 Å². The summed E-state index contributed by atoms with van der Waals surface area (Å²) < 4.78 is 1.15. The van der Waals surface area contributed by atoms with E-state index in [4.69, 9.17) is 10.8 Å². The minimum absolute atomic E-state index is 0.0956. The SMILES string of the molecule is NCC(CO)c1ccc2n[nH]c(=O)n2n1. The molecule has 0 radical (unpaired) electrons. The van der Waals surface area contributed by atoms with Crippen LogP contribution in [-0.2, 0) is 0 Å². The van der Waals surface area contributed by atoms with Crippen LogP contribution in [0.5, 0.6) is 0 Å². The standard InChI is InChI=1S/C8H11N5O2/c9-3-5(4-14)6-1-2-7-10-11-8(15)13(7)12-6/h1-2,5,14H,3-4,9H2,(H,11,15). The second-order valence-corrected chi connectivity index (χ2v) is 3.17. The van der Waals surface area contributed by atoms with Gasteiger partial charge in [-0.05, 0) is 12.1 Å². The number of rotatable bonds is 3. The molecule has 15 heavy (non-hydrogen) atoms. The van der Waals surface area contributed by atoms with E-state index in [2.05, 4.69) is 15.3 Å². The van der Waals surface area contributed by atoms with Crippen molar-refractivity contribution >= 4 is 5.65 Å². The van der Waals surface area contributed by atoms with Crippen molar-refractivity contribution in [2.24, 2.45) is 5.73 Å². The van der Waals surface area contributed by atoms with Crippen LogP contribution in [0.1, 0.15) is 11.6 Å². The number of aliphatic hydroxyl groups is 1. The number of hydrogen-bond acceptors (Lipinski definition) is 5. The maximum Gasteiger partial charge on any atom is 0.364 e. The highest BCUT2D eigenvalue weighted by Crippen LogP contribution is 2.10. The lowest BCUT2D eigenvalue weighted by atomic mass is 10.1. The fourth-order valence-corrected chi connectivity index (χ4v) is 1.32. The summed E-state index contributed by atoms with van der Waals surface area (Å²) in [6.07, 6.45) is 0. The predicted octanol–water partition coefficient (Wildman–Crippen LogP) is -1.55. The van der Waals surface area contributed by atoms with Crippen LogP contribution in [0.25, 0.3) is 5.65 Å². The van der Waals surface area contributed by atoms with E-state index < -0.39 is 5.69 Å². The van der Waals surface area contributed by atoms with Crippen molar-refractivity contribution in [3.63, 3.8) is 0 Å². The fourth-order valence-electron chi connectivity index (χ4n) is 1.32. The molecule has 0 amide bonds. The third kappa shape index (κ3) is 1.62. The first-order valence-corrected chi connectivity index (χ1v) is 4.51. The Balaban J connectivity index is 2.54. The molecule has 0 bridgehead atoms. The van der Waals surface area contributed by atoms with Crippen LogP contribution in [0.15, 0.2) is 16.9 Å². The van der Waals surface area contributed by atoms with Crippen LogP contribution in [0.2, 0.25) is 0 Å². The molecule has 0 aliphatic carbocycles. The number of aromatic nitrogens is 4. The van der Waals surface area contributed by atoms with E-state index in [9.17, 15) is 4.79 Å². The van der Waals surface area contributed by atoms with Gasteiger partial charge in [-0.1, -0.05) is 0 Å². The topological polar surface area (TPSA) is 109 Å². The summed E-state index contributed by atoms with van der Waals surface area (Å²) in [5.74, 6) is -0.254. The quantitative estimate of drug-likeness (QED) is 0.567. The Labute approximate surface area is 84.5 Å². The Morgan fingerprint density at radius 1 is 1.60 bits per heavy atom.